The Balaban J connectivity index is 1.47. The number of fused-ring (bicyclic) bond motifs is 1. The van der Waals surface area contributed by atoms with Crippen LogP contribution >= 0.6 is 0 Å². The lowest BCUT2D eigenvalue weighted by Gasteiger charge is -2.40. The molecular formula is C35H46N2O6. The van der Waals surface area contributed by atoms with Crippen molar-refractivity contribution in [1.82, 2.24) is 0 Å². The van der Waals surface area contributed by atoms with E-state index in [1.54, 1.807) is 5.57 Å². The molecule has 8 nitrogen and oxygen atoms in total. The number of rotatable bonds is 10. The van der Waals surface area contributed by atoms with Crippen LogP contribution in [-0.4, -0.2) is 21.9 Å². The number of nitro groups is 2. The van der Waals surface area contributed by atoms with Gasteiger partial charge in [0, 0.05) is 18.6 Å². The van der Waals surface area contributed by atoms with E-state index in [0.29, 0.717) is 36.5 Å². The minimum atomic E-state index is -0.782. The second kappa shape index (κ2) is 13.4. The zero-order valence-electron chi connectivity index (χ0n) is 26.4. The second-order valence-electron chi connectivity index (χ2n) is 13.4. The van der Waals surface area contributed by atoms with Gasteiger partial charge >= 0.3 is 5.97 Å². The van der Waals surface area contributed by atoms with E-state index in [4.69, 9.17) is 4.74 Å². The van der Waals surface area contributed by atoms with Crippen molar-refractivity contribution in [3.05, 3.63) is 90.6 Å². The molecule has 3 aliphatic carbocycles. The van der Waals surface area contributed by atoms with Gasteiger partial charge in [-0.25, -0.2) is 4.79 Å². The minimum absolute atomic E-state index is 0.184. The van der Waals surface area contributed by atoms with Crippen LogP contribution < -0.4 is 0 Å². The minimum Gasteiger partial charge on any atom is -0.458 e. The molecular weight excluding hydrogens is 544 g/mol. The fourth-order valence-electron chi connectivity index (χ4n) is 7.24. The van der Waals surface area contributed by atoms with Crippen LogP contribution in [0.4, 0.5) is 11.4 Å². The van der Waals surface area contributed by atoms with Crippen LogP contribution in [0.1, 0.15) is 103 Å². The van der Waals surface area contributed by atoms with Gasteiger partial charge in [0.1, 0.15) is 6.10 Å². The summed E-state index contributed by atoms with van der Waals surface area (Å²) in [6.07, 6.45) is 16.8. The molecule has 0 saturated heterocycles. The predicted octanol–water partition coefficient (Wildman–Crippen LogP) is 9.47. The Bertz CT molecular complexity index is 1350. The molecule has 8 heteroatoms. The number of esters is 1. The summed E-state index contributed by atoms with van der Waals surface area (Å²) in [6.45, 7) is 13.8. The van der Waals surface area contributed by atoms with Gasteiger partial charge in [0.15, 0.2) is 0 Å². The third-order valence-corrected chi connectivity index (χ3v) is 10.3. The van der Waals surface area contributed by atoms with Crippen molar-refractivity contribution in [3.63, 3.8) is 0 Å². The maximum atomic E-state index is 12.9. The Labute approximate surface area is 255 Å². The zero-order chi connectivity index (χ0) is 31.5. The zero-order valence-corrected chi connectivity index (χ0v) is 26.4. The number of carbonyl (C=O) groups excluding carboxylic acids is 1. The second-order valence-corrected chi connectivity index (χ2v) is 13.4. The van der Waals surface area contributed by atoms with Gasteiger partial charge in [-0.05, 0) is 92.1 Å². The molecule has 1 saturated carbocycles. The number of nitrogens with zero attached hydrogens (tertiary/aromatic N) is 2. The van der Waals surface area contributed by atoms with Crippen molar-refractivity contribution < 1.29 is 19.4 Å². The van der Waals surface area contributed by atoms with Crippen molar-refractivity contribution in [2.24, 2.45) is 29.1 Å². The van der Waals surface area contributed by atoms with E-state index in [2.05, 4.69) is 65.8 Å². The quantitative estimate of drug-likeness (QED) is 0.116. The summed E-state index contributed by atoms with van der Waals surface area (Å²) in [4.78, 5) is 33.9. The van der Waals surface area contributed by atoms with Gasteiger partial charge in [-0.3, -0.25) is 20.2 Å². The van der Waals surface area contributed by atoms with Crippen molar-refractivity contribution in [1.29, 1.82) is 0 Å². The first kappa shape index (κ1) is 32.4. The summed E-state index contributed by atoms with van der Waals surface area (Å²) in [7, 11) is 0. The lowest BCUT2D eigenvalue weighted by molar-refractivity contribution is -0.394. The summed E-state index contributed by atoms with van der Waals surface area (Å²) in [5, 5.41) is 22.5. The fraction of sp³-hybridized carbons (Fsp3) is 0.571. The molecule has 1 fully saturated rings. The molecule has 0 spiro atoms. The highest BCUT2D eigenvalue weighted by Gasteiger charge is 2.46. The Kier molecular flexibility index (Phi) is 10.1. The van der Waals surface area contributed by atoms with E-state index in [1.165, 1.54) is 30.4 Å². The third kappa shape index (κ3) is 7.34. The molecule has 0 aliphatic heterocycles. The Morgan fingerprint density at radius 2 is 1.60 bits per heavy atom. The summed E-state index contributed by atoms with van der Waals surface area (Å²) in [5.41, 5.74) is 4.48. The van der Waals surface area contributed by atoms with Crippen LogP contribution in [0.3, 0.4) is 0 Å². The molecule has 0 bridgehead atoms. The molecule has 0 heterocycles. The number of hydrogen-bond donors (Lipinski definition) is 0. The number of allylic oxidation sites excluding steroid dienone is 7. The average Bonchev–Trinajstić information content (AvgIpc) is 3.33. The standard InChI is InChI=1S/C35H46N2O6/c1-22(2)23(3)9-10-25(5)32-15-16-33-26(8-7-17-35(32,33)6)12-13-27-20-31(14-11-24(27)4)43-34(38)28-18-29(36(39)40)21-30(19-28)37(41)42/h9-10,12-13,18-19,21-23,25,31-32H,7-8,11,14-17,20H2,1-6H3/b10-9+,13-12+/t23-,25+,31-,32+,35+/m0/s1. The monoisotopic (exact) mass is 590 g/mol. The van der Waals surface area contributed by atoms with Gasteiger partial charge in [0.2, 0.25) is 0 Å². The van der Waals surface area contributed by atoms with Crippen LogP contribution in [0.15, 0.2) is 64.8 Å². The number of hydrogen-bond acceptors (Lipinski definition) is 6. The van der Waals surface area contributed by atoms with Crippen molar-refractivity contribution in [3.8, 4) is 0 Å². The SMILES string of the molecule is CC1=C(/C=C/C2=C3CC[C@H]([C@H](C)/C=C/[C@H](C)C(C)C)[C@@]3(C)CCC2)C[C@@H](OC(=O)c2cc([N+](=O)[O-])cc([N+](=O)[O-])c2)CC1. The molecule has 4 rings (SSSR count). The first-order valence-corrected chi connectivity index (χ1v) is 15.7. The molecule has 3 aliphatic rings. The summed E-state index contributed by atoms with van der Waals surface area (Å²) in [5.74, 6) is 1.63. The highest BCUT2D eigenvalue weighted by atomic mass is 16.6. The van der Waals surface area contributed by atoms with E-state index < -0.39 is 33.3 Å². The summed E-state index contributed by atoms with van der Waals surface area (Å²) in [6, 6.07) is 2.91. The summed E-state index contributed by atoms with van der Waals surface area (Å²) < 4.78 is 5.73. The highest BCUT2D eigenvalue weighted by molar-refractivity contribution is 5.91. The molecule has 0 aromatic heterocycles. The molecule has 0 N–H and O–H groups in total. The largest absolute Gasteiger partial charge is 0.458 e. The van der Waals surface area contributed by atoms with Gasteiger partial charge in [-0.1, -0.05) is 70.1 Å². The van der Waals surface area contributed by atoms with Crippen LogP contribution in [0.2, 0.25) is 0 Å². The van der Waals surface area contributed by atoms with Gasteiger partial charge in [-0.15, -0.1) is 0 Å². The van der Waals surface area contributed by atoms with Gasteiger partial charge in [0.25, 0.3) is 11.4 Å². The number of ether oxygens (including phenoxy) is 1. The van der Waals surface area contributed by atoms with Crippen LogP contribution in [0.5, 0.6) is 0 Å². The Morgan fingerprint density at radius 3 is 2.23 bits per heavy atom. The molecule has 232 valence electrons. The number of benzene rings is 1. The molecule has 0 amide bonds. The maximum Gasteiger partial charge on any atom is 0.338 e. The van der Waals surface area contributed by atoms with E-state index in [9.17, 15) is 25.0 Å². The Morgan fingerprint density at radius 1 is 0.953 bits per heavy atom. The molecule has 5 atom stereocenters. The average molecular weight is 591 g/mol. The lowest BCUT2D eigenvalue weighted by Crippen LogP contribution is -2.30. The maximum absolute atomic E-state index is 12.9. The van der Waals surface area contributed by atoms with E-state index >= 15 is 0 Å². The molecule has 0 unspecified atom stereocenters. The van der Waals surface area contributed by atoms with E-state index in [0.717, 1.165) is 43.0 Å². The van der Waals surface area contributed by atoms with Crippen molar-refractivity contribution in [2.45, 2.75) is 99.0 Å². The van der Waals surface area contributed by atoms with Crippen LogP contribution in [-0.2, 0) is 4.74 Å². The van der Waals surface area contributed by atoms with E-state index in [1.807, 2.05) is 0 Å². The number of non-ortho nitro benzene ring substituents is 2. The van der Waals surface area contributed by atoms with Gasteiger partial charge in [-0.2, -0.15) is 0 Å². The smallest absolute Gasteiger partial charge is 0.338 e. The van der Waals surface area contributed by atoms with Crippen molar-refractivity contribution >= 4 is 17.3 Å². The Hall–Kier alpha value is -3.55. The third-order valence-electron chi connectivity index (χ3n) is 10.3. The normalized spacial score (nSPS) is 25.8. The molecule has 1 aromatic rings. The first-order chi connectivity index (χ1) is 20.3. The van der Waals surface area contributed by atoms with Crippen LogP contribution in [0.25, 0.3) is 0 Å². The molecule has 43 heavy (non-hydrogen) atoms. The van der Waals surface area contributed by atoms with Gasteiger partial charge in [0.05, 0.1) is 21.5 Å². The van der Waals surface area contributed by atoms with Crippen molar-refractivity contribution in [2.75, 3.05) is 0 Å². The topological polar surface area (TPSA) is 113 Å². The summed E-state index contributed by atoms with van der Waals surface area (Å²) >= 11 is 0. The fourth-order valence-corrected chi connectivity index (χ4v) is 7.24. The number of carbonyl (C=O) groups is 1. The van der Waals surface area contributed by atoms with Crippen LogP contribution in [0, 0.1) is 49.3 Å². The van der Waals surface area contributed by atoms with E-state index in [-0.39, 0.29) is 11.0 Å². The molecule has 1 aromatic carbocycles. The molecule has 0 radical (unpaired) electrons. The van der Waals surface area contributed by atoms with Gasteiger partial charge < -0.3 is 4.74 Å². The first-order valence-electron chi connectivity index (χ1n) is 15.7. The lowest BCUT2D eigenvalue weighted by atomic mass is 9.65. The predicted molar refractivity (Wildman–Crippen MR) is 169 cm³/mol. The highest BCUT2D eigenvalue weighted by Crippen LogP contribution is 2.57. The number of nitro benzene ring substituents is 2.